The molecule has 104 valence electrons. The van der Waals surface area contributed by atoms with Crippen LogP contribution in [0.1, 0.15) is 17.3 Å². The number of amides is 1. The van der Waals surface area contributed by atoms with Crippen LogP contribution in [0.5, 0.6) is 5.88 Å². The van der Waals surface area contributed by atoms with E-state index < -0.39 is 5.82 Å². The molecule has 1 aromatic heterocycles. The summed E-state index contributed by atoms with van der Waals surface area (Å²) >= 11 is 3.05. The number of carbonyl (C=O) groups excluding carboxylic acids is 1. The zero-order valence-corrected chi connectivity index (χ0v) is 12.3. The van der Waals surface area contributed by atoms with E-state index in [9.17, 15) is 9.18 Å². The van der Waals surface area contributed by atoms with E-state index in [1.165, 1.54) is 18.2 Å². The fourth-order valence-corrected chi connectivity index (χ4v) is 1.95. The van der Waals surface area contributed by atoms with Gasteiger partial charge in [-0.25, -0.2) is 9.37 Å². The van der Waals surface area contributed by atoms with E-state index in [0.29, 0.717) is 23.7 Å². The molecule has 0 aliphatic rings. The lowest BCUT2D eigenvalue weighted by atomic mass is 10.2. The SMILES string of the molecule is CCOc1ncccc1NC(=O)c1ccc(F)c(Br)c1. The van der Waals surface area contributed by atoms with Crippen molar-refractivity contribution in [1.29, 1.82) is 0 Å². The van der Waals surface area contributed by atoms with Gasteiger partial charge in [0.1, 0.15) is 11.5 Å². The van der Waals surface area contributed by atoms with Gasteiger partial charge in [0.25, 0.3) is 5.91 Å². The molecular formula is C14H12BrFN2O2. The summed E-state index contributed by atoms with van der Waals surface area (Å²) in [6.45, 7) is 2.28. The quantitative estimate of drug-likeness (QED) is 0.925. The summed E-state index contributed by atoms with van der Waals surface area (Å²) in [5.41, 5.74) is 0.810. The highest BCUT2D eigenvalue weighted by atomic mass is 79.9. The van der Waals surface area contributed by atoms with Gasteiger partial charge in [0.05, 0.1) is 11.1 Å². The largest absolute Gasteiger partial charge is 0.476 e. The molecule has 0 aliphatic heterocycles. The zero-order valence-electron chi connectivity index (χ0n) is 10.7. The van der Waals surface area contributed by atoms with Crippen LogP contribution in [0.4, 0.5) is 10.1 Å². The van der Waals surface area contributed by atoms with Crippen LogP contribution in [-0.2, 0) is 0 Å². The van der Waals surface area contributed by atoms with Crippen molar-refractivity contribution in [3.63, 3.8) is 0 Å². The third-order valence-corrected chi connectivity index (χ3v) is 3.09. The Labute approximate surface area is 124 Å². The second-order valence-electron chi connectivity index (χ2n) is 3.87. The zero-order chi connectivity index (χ0) is 14.5. The van der Waals surface area contributed by atoms with Crippen LogP contribution >= 0.6 is 15.9 Å². The van der Waals surface area contributed by atoms with Crippen molar-refractivity contribution >= 4 is 27.5 Å². The van der Waals surface area contributed by atoms with Crippen molar-refractivity contribution in [2.75, 3.05) is 11.9 Å². The summed E-state index contributed by atoms with van der Waals surface area (Å²) in [6, 6.07) is 7.44. The second-order valence-corrected chi connectivity index (χ2v) is 4.73. The lowest BCUT2D eigenvalue weighted by molar-refractivity contribution is 0.102. The van der Waals surface area contributed by atoms with E-state index in [-0.39, 0.29) is 10.4 Å². The predicted octanol–water partition coefficient (Wildman–Crippen LogP) is 3.63. The molecule has 0 saturated heterocycles. The summed E-state index contributed by atoms with van der Waals surface area (Å²) in [7, 11) is 0. The third kappa shape index (κ3) is 3.33. The van der Waals surface area contributed by atoms with E-state index in [0.717, 1.165) is 0 Å². The number of ether oxygens (including phenoxy) is 1. The lowest BCUT2D eigenvalue weighted by Gasteiger charge is -2.10. The Morgan fingerprint density at radius 2 is 2.25 bits per heavy atom. The van der Waals surface area contributed by atoms with Gasteiger partial charge in [0.2, 0.25) is 5.88 Å². The van der Waals surface area contributed by atoms with Gasteiger partial charge in [0.15, 0.2) is 0 Å². The summed E-state index contributed by atoms with van der Waals surface area (Å²) < 4.78 is 18.7. The molecule has 1 heterocycles. The molecule has 4 nitrogen and oxygen atoms in total. The molecule has 2 rings (SSSR count). The maximum absolute atomic E-state index is 13.1. The van der Waals surface area contributed by atoms with Crippen LogP contribution in [0, 0.1) is 5.82 Å². The van der Waals surface area contributed by atoms with E-state index in [4.69, 9.17) is 4.74 Å². The second kappa shape index (κ2) is 6.47. The molecule has 6 heteroatoms. The molecule has 20 heavy (non-hydrogen) atoms. The van der Waals surface area contributed by atoms with Crippen LogP contribution in [0.25, 0.3) is 0 Å². The number of nitrogens with one attached hydrogen (secondary N) is 1. The van der Waals surface area contributed by atoms with Gasteiger partial charge in [0, 0.05) is 11.8 Å². The van der Waals surface area contributed by atoms with Crippen LogP contribution < -0.4 is 10.1 Å². The fourth-order valence-electron chi connectivity index (χ4n) is 1.57. The highest BCUT2D eigenvalue weighted by Gasteiger charge is 2.12. The number of hydrogen-bond acceptors (Lipinski definition) is 3. The molecule has 0 bridgehead atoms. The average Bonchev–Trinajstić information content (AvgIpc) is 2.44. The molecule has 0 unspecified atom stereocenters. The van der Waals surface area contributed by atoms with Crippen molar-refractivity contribution < 1.29 is 13.9 Å². The molecule has 0 fully saturated rings. The van der Waals surface area contributed by atoms with Crippen LogP contribution in [0.15, 0.2) is 41.0 Å². The first-order valence-electron chi connectivity index (χ1n) is 5.96. The maximum atomic E-state index is 13.1. The summed E-state index contributed by atoms with van der Waals surface area (Å²) in [4.78, 5) is 16.1. The summed E-state index contributed by atoms with van der Waals surface area (Å²) in [5.74, 6) is -0.429. The molecule has 0 radical (unpaired) electrons. The minimum absolute atomic E-state index is 0.237. The highest BCUT2D eigenvalue weighted by molar-refractivity contribution is 9.10. The van der Waals surface area contributed by atoms with Crippen LogP contribution in [0.3, 0.4) is 0 Å². The maximum Gasteiger partial charge on any atom is 0.255 e. The number of carbonyl (C=O) groups is 1. The van der Waals surface area contributed by atoms with Gasteiger partial charge in [-0.2, -0.15) is 0 Å². The Kier molecular flexibility index (Phi) is 4.68. The van der Waals surface area contributed by atoms with Crippen molar-refractivity contribution in [2.24, 2.45) is 0 Å². The molecule has 1 amide bonds. The number of aromatic nitrogens is 1. The molecule has 0 atom stereocenters. The number of nitrogens with zero attached hydrogens (tertiary/aromatic N) is 1. The third-order valence-electron chi connectivity index (χ3n) is 2.48. The standard InChI is InChI=1S/C14H12BrFN2O2/c1-2-20-14-12(4-3-7-17-14)18-13(19)9-5-6-11(16)10(15)8-9/h3-8H,2H2,1H3,(H,18,19). The smallest absolute Gasteiger partial charge is 0.255 e. The normalized spacial score (nSPS) is 10.2. The number of benzene rings is 1. The van der Waals surface area contributed by atoms with Gasteiger partial charge in [-0.1, -0.05) is 0 Å². The Morgan fingerprint density at radius 3 is 2.95 bits per heavy atom. The Balaban J connectivity index is 2.21. The molecule has 1 aromatic carbocycles. The molecule has 1 N–H and O–H groups in total. The predicted molar refractivity (Wildman–Crippen MR) is 77.5 cm³/mol. The number of rotatable bonds is 4. The Hall–Kier alpha value is -1.95. The first-order valence-corrected chi connectivity index (χ1v) is 6.75. The molecular weight excluding hydrogens is 327 g/mol. The van der Waals surface area contributed by atoms with Crippen molar-refractivity contribution in [2.45, 2.75) is 6.92 Å². The van der Waals surface area contributed by atoms with E-state index in [2.05, 4.69) is 26.2 Å². The van der Waals surface area contributed by atoms with Gasteiger partial charge in [-0.15, -0.1) is 0 Å². The molecule has 2 aromatic rings. The topological polar surface area (TPSA) is 51.2 Å². The van der Waals surface area contributed by atoms with E-state index in [1.807, 2.05) is 6.92 Å². The monoisotopic (exact) mass is 338 g/mol. The first kappa shape index (κ1) is 14.5. The summed E-state index contributed by atoms with van der Waals surface area (Å²) in [6.07, 6.45) is 1.58. The van der Waals surface area contributed by atoms with E-state index >= 15 is 0 Å². The van der Waals surface area contributed by atoms with Crippen molar-refractivity contribution in [3.05, 3.63) is 52.4 Å². The molecule has 0 saturated carbocycles. The van der Waals surface area contributed by atoms with Gasteiger partial charge >= 0.3 is 0 Å². The lowest BCUT2D eigenvalue weighted by Crippen LogP contribution is -2.13. The van der Waals surface area contributed by atoms with Crippen LogP contribution in [0.2, 0.25) is 0 Å². The minimum atomic E-state index is -0.419. The number of hydrogen-bond donors (Lipinski definition) is 1. The minimum Gasteiger partial charge on any atom is -0.476 e. The first-order chi connectivity index (χ1) is 9.61. The fraction of sp³-hybridized carbons (Fsp3) is 0.143. The average molecular weight is 339 g/mol. The van der Waals surface area contributed by atoms with Gasteiger partial charge in [-0.3, -0.25) is 4.79 Å². The molecule has 0 spiro atoms. The van der Waals surface area contributed by atoms with Crippen LogP contribution in [-0.4, -0.2) is 17.5 Å². The van der Waals surface area contributed by atoms with Crippen molar-refractivity contribution in [1.82, 2.24) is 4.98 Å². The number of anilines is 1. The molecule has 0 aliphatic carbocycles. The highest BCUT2D eigenvalue weighted by Crippen LogP contribution is 2.22. The van der Waals surface area contributed by atoms with E-state index in [1.54, 1.807) is 18.3 Å². The Bertz CT molecular complexity index is 634. The number of halogens is 2. The number of pyridine rings is 1. The Morgan fingerprint density at radius 1 is 1.45 bits per heavy atom. The van der Waals surface area contributed by atoms with Gasteiger partial charge < -0.3 is 10.1 Å². The van der Waals surface area contributed by atoms with Gasteiger partial charge in [-0.05, 0) is 53.2 Å². The summed E-state index contributed by atoms with van der Waals surface area (Å²) in [5, 5.41) is 2.69. The van der Waals surface area contributed by atoms with Crippen molar-refractivity contribution in [3.8, 4) is 5.88 Å².